The maximum atomic E-state index is 11.2. The molecule has 1 amide bonds. The second-order valence-electron chi connectivity index (χ2n) is 5.11. The fraction of sp³-hybridized carbons (Fsp3) is 0.462. The van der Waals surface area contributed by atoms with E-state index in [-0.39, 0.29) is 0 Å². The first-order valence-corrected chi connectivity index (χ1v) is 6.66. The number of hydrazine groups is 1. The predicted octanol–water partition coefficient (Wildman–Crippen LogP) is 0.599. The van der Waals surface area contributed by atoms with Crippen molar-refractivity contribution in [3.8, 4) is 0 Å². The number of hydrogen-bond acceptors (Lipinski definition) is 5. The third-order valence-corrected chi connectivity index (χ3v) is 3.94. The summed E-state index contributed by atoms with van der Waals surface area (Å²) in [7, 11) is 5.87. The smallest absolute Gasteiger partial charge is 0.241 e. The van der Waals surface area contributed by atoms with Crippen molar-refractivity contribution in [2.75, 3.05) is 27.7 Å². The van der Waals surface area contributed by atoms with E-state index in [1.165, 1.54) is 11.6 Å². The minimum atomic E-state index is -0.414. The van der Waals surface area contributed by atoms with E-state index in [4.69, 9.17) is 5.73 Å². The van der Waals surface area contributed by atoms with Gasteiger partial charge in [-0.1, -0.05) is 0 Å². The number of amides is 1. The molecule has 0 fully saturated rings. The number of likely N-dealkylation sites (N-methyl/N-ethyl adjacent to an activating group) is 1. The highest BCUT2D eigenvalue weighted by Gasteiger charge is 2.29. The first-order valence-electron chi connectivity index (χ1n) is 6.21. The van der Waals surface area contributed by atoms with Gasteiger partial charge in [-0.15, -0.1) is 12.6 Å². The fourth-order valence-corrected chi connectivity index (χ4v) is 2.73. The molecular weight excluding hydrogens is 260 g/mol. The highest BCUT2D eigenvalue weighted by molar-refractivity contribution is 7.84. The summed E-state index contributed by atoms with van der Waals surface area (Å²) >= 11 is 4.58. The molecule has 0 atom stereocenters. The topological polar surface area (TPSA) is 61.6 Å². The fourth-order valence-electron chi connectivity index (χ4n) is 2.48. The molecule has 0 radical (unpaired) electrons. The Bertz CT molecular complexity index is 505. The number of hydrogen-bond donors (Lipinski definition) is 3. The van der Waals surface area contributed by atoms with Crippen LogP contribution in [0, 0.1) is 0 Å². The van der Waals surface area contributed by atoms with Gasteiger partial charge in [0.25, 0.3) is 0 Å². The lowest BCUT2D eigenvalue weighted by Crippen LogP contribution is -2.29. The summed E-state index contributed by atoms with van der Waals surface area (Å²) in [5, 5.41) is 2.87. The minimum Gasteiger partial charge on any atom is -0.372 e. The maximum Gasteiger partial charge on any atom is 0.241 e. The SMILES string of the molecule is CN1CC2=C(N1)C(=C(/S)N(C)C)/C(=C/C(N)=O)CC2. The van der Waals surface area contributed by atoms with Gasteiger partial charge in [0, 0.05) is 39.3 Å². The highest BCUT2D eigenvalue weighted by atomic mass is 32.1. The molecule has 1 heterocycles. The van der Waals surface area contributed by atoms with Crippen molar-refractivity contribution in [2.45, 2.75) is 12.8 Å². The summed E-state index contributed by atoms with van der Waals surface area (Å²) in [6.07, 6.45) is 3.28. The van der Waals surface area contributed by atoms with Gasteiger partial charge < -0.3 is 16.1 Å². The second kappa shape index (κ2) is 5.30. The minimum absolute atomic E-state index is 0.414. The van der Waals surface area contributed by atoms with Crippen LogP contribution in [0.5, 0.6) is 0 Å². The first kappa shape index (κ1) is 14.0. The van der Waals surface area contributed by atoms with Gasteiger partial charge >= 0.3 is 0 Å². The molecule has 0 saturated heterocycles. The number of primary amides is 1. The number of nitrogens with two attached hydrogens (primary N) is 1. The molecule has 2 rings (SSSR count). The van der Waals surface area contributed by atoms with Crippen LogP contribution in [0.4, 0.5) is 0 Å². The van der Waals surface area contributed by atoms with Crippen LogP contribution in [-0.4, -0.2) is 43.5 Å². The maximum absolute atomic E-state index is 11.2. The van der Waals surface area contributed by atoms with Crippen LogP contribution in [0.25, 0.3) is 0 Å². The van der Waals surface area contributed by atoms with Crippen LogP contribution < -0.4 is 11.2 Å². The number of thiol groups is 1. The zero-order valence-corrected chi connectivity index (χ0v) is 12.4. The van der Waals surface area contributed by atoms with Gasteiger partial charge in [-0.05, 0) is 24.0 Å². The zero-order chi connectivity index (χ0) is 14.2. The van der Waals surface area contributed by atoms with Gasteiger partial charge in [0.15, 0.2) is 0 Å². The average molecular weight is 280 g/mol. The Kier molecular flexibility index (Phi) is 3.91. The molecule has 104 valence electrons. The monoisotopic (exact) mass is 280 g/mol. The lowest BCUT2D eigenvalue weighted by molar-refractivity contribution is -0.113. The summed E-state index contributed by atoms with van der Waals surface area (Å²) in [4.78, 5) is 13.1. The number of carbonyl (C=O) groups is 1. The van der Waals surface area contributed by atoms with Crippen molar-refractivity contribution in [3.63, 3.8) is 0 Å². The molecule has 6 heteroatoms. The van der Waals surface area contributed by atoms with Crippen molar-refractivity contribution in [2.24, 2.45) is 5.73 Å². The van der Waals surface area contributed by atoms with Crippen molar-refractivity contribution in [1.82, 2.24) is 15.3 Å². The first-order chi connectivity index (χ1) is 8.90. The van der Waals surface area contributed by atoms with Crippen LogP contribution in [0.1, 0.15) is 12.8 Å². The van der Waals surface area contributed by atoms with Gasteiger partial charge in [-0.25, -0.2) is 5.01 Å². The number of carbonyl (C=O) groups excluding carboxylic acids is 1. The van der Waals surface area contributed by atoms with Crippen LogP contribution in [0.2, 0.25) is 0 Å². The van der Waals surface area contributed by atoms with E-state index in [2.05, 4.69) is 18.1 Å². The number of allylic oxidation sites excluding steroid dienone is 1. The van der Waals surface area contributed by atoms with Crippen molar-refractivity contribution < 1.29 is 4.79 Å². The molecule has 0 saturated carbocycles. The van der Waals surface area contributed by atoms with E-state index in [0.717, 1.165) is 41.3 Å². The summed E-state index contributed by atoms with van der Waals surface area (Å²) in [5.74, 6) is -0.414. The van der Waals surface area contributed by atoms with Gasteiger partial charge in [0.1, 0.15) is 0 Å². The average Bonchev–Trinajstić information content (AvgIpc) is 2.67. The number of rotatable bonds is 2. The third kappa shape index (κ3) is 2.79. The quantitative estimate of drug-likeness (QED) is 0.512. The molecule has 0 spiro atoms. The van der Waals surface area contributed by atoms with Crippen LogP contribution in [-0.2, 0) is 4.79 Å². The van der Waals surface area contributed by atoms with Gasteiger partial charge in [-0.3, -0.25) is 4.79 Å². The Morgan fingerprint density at radius 3 is 2.74 bits per heavy atom. The van der Waals surface area contributed by atoms with Crippen molar-refractivity contribution in [1.29, 1.82) is 0 Å². The standard InChI is InChI=1S/C13H20N4OS/c1-16(2)13(19)11-8(6-10(14)18)4-5-9-7-17(3)15-12(9)11/h6,15,19H,4-5,7H2,1-3H3,(H2,14,18)/b8-6+,13-11+. The molecule has 0 bridgehead atoms. The summed E-state index contributed by atoms with van der Waals surface area (Å²) in [6, 6.07) is 0. The van der Waals surface area contributed by atoms with E-state index < -0.39 is 5.91 Å². The largest absolute Gasteiger partial charge is 0.372 e. The van der Waals surface area contributed by atoms with Crippen LogP contribution in [0.15, 0.2) is 33.5 Å². The molecule has 2 aliphatic rings. The van der Waals surface area contributed by atoms with Crippen LogP contribution >= 0.6 is 12.6 Å². The molecule has 5 nitrogen and oxygen atoms in total. The lowest BCUT2D eigenvalue weighted by Gasteiger charge is -2.25. The Morgan fingerprint density at radius 1 is 1.47 bits per heavy atom. The molecule has 0 aromatic carbocycles. The summed E-state index contributed by atoms with van der Waals surface area (Å²) in [5.41, 5.74) is 13.0. The number of nitrogens with zero attached hydrogens (tertiary/aromatic N) is 2. The second-order valence-corrected chi connectivity index (χ2v) is 5.54. The molecule has 3 N–H and O–H groups in total. The van der Waals surface area contributed by atoms with Crippen molar-refractivity contribution in [3.05, 3.63) is 33.5 Å². The molecule has 1 aliphatic carbocycles. The van der Waals surface area contributed by atoms with E-state index in [9.17, 15) is 4.79 Å². The third-order valence-electron chi connectivity index (χ3n) is 3.32. The number of nitrogens with one attached hydrogen (secondary N) is 1. The van der Waals surface area contributed by atoms with Crippen molar-refractivity contribution >= 4 is 18.5 Å². The highest BCUT2D eigenvalue weighted by Crippen LogP contribution is 2.38. The molecule has 0 aromatic rings. The van der Waals surface area contributed by atoms with Gasteiger partial charge in [-0.2, -0.15) is 0 Å². The Morgan fingerprint density at radius 2 is 2.16 bits per heavy atom. The summed E-state index contributed by atoms with van der Waals surface area (Å²) in [6.45, 7) is 0.900. The van der Waals surface area contributed by atoms with E-state index >= 15 is 0 Å². The van der Waals surface area contributed by atoms with Gasteiger partial charge in [0.05, 0.1) is 10.7 Å². The Labute approximate surface area is 119 Å². The molecular formula is C13H20N4OS. The summed E-state index contributed by atoms with van der Waals surface area (Å²) < 4.78 is 0. The normalized spacial score (nSPS) is 24.3. The predicted molar refractivity (Wildman–Crippen MR) is 79.0 cm³/mol. The van der Waals surface area contributed by atoms with Gasteiger partial charge in [0.2, 0.25) is 5.91 Å². The van der Waals surface area contributed by atoms with Crippen LogP contribution in [0.3, 0.4) is 0 Å². The Hall–Kier alpha value is -1.40. The molecule has 19 heavy (non-hydrogen) atoms. The van der Waals surface area contributed by atoms with E-state index in [1.54, 1.807) is 0 Å². The zero-order valence-electron chi connectivity index (χ0n) is 11.5. The molecule has 0 unspecified atom stereocenters. The van der Waals surface area contributed by atoms with E-state index in [1.807, 2.05) is 31.1 Å². The van der Waals surface area contributed by atoms with E-state index in [0.29, 0.717) is 0 Å². The molecule has 1 aliphatic heterocycles. The lowest BCUT2D eigenvalue weighted by atomic mass is 9.88. The molecule has 0 aromatic heterocycles. The Balaban J connectivity index is 2.53.